The topological polar surface area (TPSA) is 168 Å². The molecule has 0 aliphatic rings. The zero-order valence-corrected chi connectivity index (χ0v) is 20.6. The number of hydrogen-bond acceptors (Lipinski definition) is 13. The molecule has 0 saturated heterocycles. The van der Waals surface area contributed by atoms with Crippen molar-refractivity contribution < 1.29 is 33.7 Å². The largest absolute Gasteiger partial charge is 0.501 e. The van der Waals surface area contributed by atoms with Crippen molar-refractivity contribution in [1.29, 1.82) is 0 Å². The molecule has 4 rings (SSSR count). The number of hydrogen-bond donors (Lipinski definition) is 1. The second-order valence-electron chi connectivity index (χ2n) is 6.77. The van der Waals surface area contributed by atoms with Crippen LogP contribution in [0.3, 0.4) is 0 Å². The number of aryl methyl sites for hydroxylation is 2. The number of carbonyl (C=O) groups excluding carboxylic acids is 3. The molecule has 1 N–H and O–H groups in total. The van der Waals surface area contributed by atoms with Gasteiger partial charge in [-0.2, -0.15) is 0 Å². The summed E-state index contributed by atoms with van der Waals surface area (Å²) in [5, 5.41) is 9.51. The number of ether oxygens (including phenoxy) is 3. The van der Waals surface area contributed by atoms with Crippen molar-refractivity contribution >= 4 is 50.5 Å². The molecule has 184 valence electrons. The first-order valence-corrected chi connectivity index (χ1v) is 11.2. The van der Waals surface area contributed by atoms with Gasteiger partial charge in [0.05, 0.1) is 14.2 Å². The van der Waals surface area contributed by atoms with Gasteiger partial charge in [-0.1, -0.05) is 0 Å². The van der Waals surface area contributed by atoms with Crippen LogP contribution >= 0.6 is 22.7 Å². The highest BCUT2D eigenvalue weighted by atomic mass is 32.1. The van der Waals surface area contributed by atoms with Crippen LogP contribution in [0.2, 0.25) is 0 Å². The van der Waals surface area contributed by atoms with Crippen molar-refractivity contribution in [2.75, 3.05) is 14.2 Å². The molecule has 0 saturated carbocycles. The Hall–Kier alpha value is -4.11. The van der Waals surface area contributed by atoms with Crippen LogP contribution in [0.15, 0.2) is 22.0 Å². The highest BCUT2D eigenvalue weighted by Gasteiger charge is 2.23. The van der Waals surface area contributed by atoms with E-state index >= 15 is 0 Å². The van der Waals surface area contributed by atoms with E-state index in [9.17, 15) is 29.1 Å². The summed E-state index contributed by atoms with van der Waals surface area (Å²) in [6.45, 7) is 4.73. The lowest BCUT2D eigenvalue weighted by Gasteiger charge is -2.06. The van der Waals surface area contributed by atoms with E-state index in [0.29, 0.717) is 9.92 Å². The summed E-state index contributed by atoms with van der Waals surface area (Å²) in [6.07, 6.45) is 3.11. The fourth-order valence-corrected chi connectivity index (χ4v) is 4.42. The molecular weight excluding hydrogens is 504 g/mol. The monoisotopic (exact) mass is 522 g/mol. The van der Waals surface area contributed by atoms with E-state index in [-0.39, 0.29) is 11.4 Å². The predicted molar refractivity (Wildman–Crippen MR) is 124 cm³/mol. The molecule has 4 heterocycles. The Balaban J connectivity index is 0.000000198. The third-order valence-electron chi connectivity index (χ3n) is 4.23. The van der Waals surface area contributed by atoms with Crippen LogP contribution in [0.1, 0.15) is 37.7 Å². The van der Waals surface area contributed by atoms with Crippen LogP contribution in [-0.2, 0) is 14.3 Å². The number of rotatable bonds is 3. The van der Waals surface area contributed by atoms with E-state index in [1.54, 1.807) is 26.2 Å². The first-order valence-electron chi connectivity index (χ1n) is 9.58. The van der Waals surface area contributed by atoms with Crippen molar-refractivity contribution in [2.24, 2.45) is 0 Å². The summed E-state index contributed by atoms with van der Waals surface area (Å²) in [7, 11) is 2.31. The predicted octanol–water partition coefficient (Wildman–Crippen LogP) is 1.33. The minimum absolute atomic E-state index is 0.301. The van der Waals surface area contributed by atoms with Crippen molar-refractivity contribution in [3.63, 3.8) is 0 Å². The normalized spacial score (nSPS) is 10.5. The molecule has 0 unspecified atom stereocenters. The van der Waals surface area contributed by atoms with Crippen LogP contribution in [0.5, 0.6) is 11.5 Å². The van der Waals surface area contributed by atoms with E-state index in [1.165, 1.54) is 31.5 Å². The maximum Gasteiger partial charge on any atom is 0.360 e. The molecule has 13 nitrogen and oxygen atoms in total. The van der Waals surface area contributed by atoms with Gasteiger partial charge < -0.3 is 19.3 Å². The van der Waals surface area contributed by atoms with Gasteiger partial charge in [0.25, 0.3) is 0 Å². The molecule has 4 aromatic heterocycles. The van der Waals surface area contributed by atoms with E-state index in [2.05, 4.69) is 19.4 Å². The number of aromatic hydroxyl groups is 1. The second kappa shape index (κ2) is 10.0. The van der Waals surface area contributed by atoms with Gasteiger partial charge in [-0.25, -0.2) is 19.6 Å². The first kappa shape index (κ1) is 25.5. The zero-order valence-electron chi connectivity index (χ0n) is 19.0. The van der Waals surface area contributed by atoms with Crippen LogP contribution in [-0.4, -0.2) is 56.0 Å². The number of nitrogens with zero attached hydrogens (tertiary/aromatic N) is 4. The summed E-state index contributed by atoms with van der Waals surface area (Å²) >= 11 is 2.49. The van der Waals surface area contributed by atoms with Gasteiger partial charge in [-0.3, -0.25) is 23.2 Å². The lowest BCUT2D eigenvalue weighted by Crippen LogP contribution is -2.23. The van der Waals surface area contributed by atoms with Gasteiger partial charge in [-0.15, -0.1) is 22.7 Å². The minimum Gasteiger partial charge on any atom is -0.501 e. The highest BCUT2D eigenvalue weighted by molar-refractivity contribution is 7.17. The van der Waals surface area contributed by atoms with Crippen molar-refractivity contribution in [3.8, 4) is 11.5 Å². The average molecular weight is 523 g/mol. The Morgan fingerprint density at radius 2 is 1.31 bits per heavy atom. The molecule has 15 heteroatoms. The van der Waals surface area contributed by atoms with Crippen LogP contribution < -0.4 is 15.9 Å². The molecule has 0 atom stereocenters. The SMILES string of the molecule is COC(=O)c1nc2sc(C)cn2c(=O)c1O.COC(=O)c1nc2sc(C)cn2c(=O)c1OC(C)=O. The Labute approximate surface area is 203 Å². The maximum absolute atomic E-state index is 12.2. The fraction of sp³-hybridized carbons (Fsp3) is 0.250. The summed E-state index contributed by atoms with van der Waals surface area (Å²) in [4.78, 5) is 67.9. The van der Waals surface area contributed by atoms with Crippen LogP contribution in [0.4, 0.5) is 0 Å². The number of aromatic nitrogens is 4. The summed E-state index contributed by atoms with van der Waals surface area (Å²) in [5.74, 6) is -3.49. The number of methoxy groups -OCH3 is 2. The molecule has 0 aromatic carbocycles. The molecule has 0 amide bonds. The first-order chi connectivity index (χ1) is 16.5. The van der Waals surface area contributed by atoms with Crippen molar-refractivity contribution in [1.82, 2.24) is 18.8 Å². The molecule has 0 aliphatic heterocycles. The second-order valence-corrected chi connectivity index (χ2v) is 9.20. The Morgan fingerprint density at radius 3 is 1.80 bits per heavy atom. The molecular formula is C20H18N4O9S2. The van der Waals surface area contributed by atoms with Crippen molar-refractivity contribution in [2.45, 2.75) is 20.8 Å². The van der Waals surface area contributed by atoms with Crippen molar-refractivity contribution in [3.05, 3.63) is 54.2 Å². The summed E-state index contributed by atoms with van der Waals surface area (Å²) in [6, 6.07) is 0. The van der Waals surface area contributed by atoms with Crippen LogP contribution in [0.25, 0.3) is 9.92 Å². The van der Waals surface area contributed by atoms with E-state index in [1.807, 2.05) is 0 Å². The number of esters is 3. The Morgan fingerprint density at radius 1 is 0.857 bits per heavy atom. The molecule has 0 radical (unpaired) electrons. The highest BCUT2D eigenvalue weighted by Crippen LogP contribution is 2.20. The Bertz CT molecular complexity index is 1600. The molecule has 35 heavy (non-hydrogen) atoms. The van der Waals surface area contributed by atoms with E-state index in [4.69, 9.17) is 4.74 Å². The quantitative estimate of drug-likeness (QED) is 0.385. The average Bonchev–Trinajstić information content (AvgIpc) is 3.38. The number of thiazole rings is 2. The van der Waals surface area contributed by atoms with Gasteiger partial charge in [0.1, 0.15) is 0 Å². The Kier molecular flexibility index (Phi) is 7.31. The smallest absolute Gasteiger partial charge is 0.360 e. The molecule has 4 aromatic rings. The molecule has 0 aliphatic carbocycles. The number of fused-ring (bicyclic) bond motifs is 2. The zero-order chi connectivity index (χ0) is 26.0. The molecule has 0 spiro atoms. The minimum atomic E-state index is -0.832. The van der Waals surface area contributed by atoms with Gasteiger partial charge >= 0.3 is 29.0 Å². The van der Waals surface area contributed by atoms with Crippen LogP contribution in [0, 0.1) is 13.8 Å². The third kappa shape index (κ3) is 5.04. The number of carbonyl (C=O) groups is 3. The lowest BCUT2D eigenvalue weighted by atomic mass is 10.3. The van der Waals surface area contributed by atoms with Gasteiger partial charge in [-0.05, 0) is 13.8 Å². The molecule has 0 fully saturated rings. The summed E-state index contributed by atoms with van der Waals surface area (Å²) in [5.41, 5.74) is -1.95. The van der Waals surface area contributed by atoms with Gasteiger partial charge in [0.2, 0.25) is 11.5 Å². The summed E-state index contributed by atoms with van der Waals surface area (Å²) < 4.78 is 16.2. The molecule has 0 bridgehead atoms. The van der Waals surface area contributed by atoms with E-state index in [0.717, 1.165) is 30.9 Å². The lowest BCUT2D eigenvalue weighted by molar-refractivity contribution is -0.132. The van der Waals surface area contributed by atoms with Gasteiger partial charge in [0, 0.05) is 29.1 Å². The third-order valence-corrected chi connectivity index (χ3v) is 6.03. The fourth-order valence-electron chi connectivity index (χ4n) is 2.79. The standard InChI is InChI=1S/C11H10N2O5S.C9H8N2O4S/c1-5-4-13-9(15)8(18-6(2)14)7(10(16)17-3)12-11(13)19-5;1-4-3-11-7(13)6(12)5(8(14)15-2)10-9(11)16-4/h4H,1-3H3;3,12H,1-2H3. The maximum atomic E-state index is 12.2. The van der Waals surface area contributed by atoms with E-state index < -0.39 is 40.5 Å². The van der Waals surface area contributed by atoms with Gasteiger partial charge in [0.15, 0.2) is 21.3 Å².